The molecule has 0 radical (unpaired) electrons. The van der Waals surface area contributed by atoms with Crippen molar-refractivity contribution in [2.45, 2.75) is 51.6 Å². The van der Waals surface area contributed by atoms with Crippen molar-refractivity contribution in [2.24, 2.45) is 5.10 Å². The fourth-order valence-corrected chi connectivity index (χ4v) is 2.93. The third-order valence-electron chi connectivity index (χ3n) is 4.38. The van der Waals surface area contributed by atoms with Crippen molar-refractivity contribution in [3.63, 3.8) is 0 Å². The van der Waals surface area contributed by atoms with Gasteiger partial charge >= 0.3 is 0 Å². The van der Waals surface area contributed by atoms with Crippen LogP contribution in [0.15, 0.2) is 29.4 Å². The molecule has 1 aromatic rings. The quantitative estimate of drug-likeness (QED) is 0.780. The summed E-state index contributed by atoms with van der Waals surface area (Å²) in [6.45, 7) is 5.26. The average Bonchev–Trinajstić information content (AvgIpc) is 2.52. The number of nitriles is 1. The Kier molecular flexibility index (Phi) is 5.83. The molecular weight excluding hydrogens is 272 g/mol. The van der Waals surface area contributed by atoms with E-state index in [1.807, 2.05) is 13.3 Å². The molecule has 1 heterocycles. The van der Waals surface area contributed by atoms with E-state index in [0.717, 1.165) is 17.8 Å². The van der Waals surface area contributed by atoms with Gasteiger partial charge in [0, 0.05) is 31.4 Å². The van der Waals surface area contributed by atoms with Crippen LogP contribution in [0, 0.1) is 11.3 Å². The molecule has 22 heavy (non-hydrogen) atoms. The summed E-state index contributed by atoms with van der Waals surface area (Å²) in [6.07, 6.45) is 6.26. The van der Waals surface area contributed by atoms with Crippen LogP contribution in [-0.2, 0) is 0 Å². The van der Waals surface area contributed by atoms with Crippen molar-refractivity contribution in [1.82, 2.24) is 5.01 Å². The third kappa shape index (κ3) is 4.24. The van der Waals surface area contributed by atoms with Gasteiger partial charge in [0.25, 0.3) is 0 Å². The van der Waals surface area contributed by atoms with Crippen molar-refractivity contribution in [2.75, 3.05) is 18.5 Å². The van der Waals surface area contributed by atoms with E-state index < -0.39 is 0 Å². The summed E-state index contributed by atoms with van der Waals surface area (Å²) in [6, 6.07) is 11.6. The van der Waals surface area contributed by atoms with E-state index in [9.17, 15) is 0 Å². The highest BCUT2D eigenvalue weighted by molar-refractivity contribution is 5.80. The van der Waals surface area contributed by atoms with Gasteiger partial charge in [-0.15, -0.1) is 0 Å². The van der Waals surface area contributed by atoms with E-state index in [2.05, 4.69) is 54.1 Å². The number of anilines is 1. The molecule has 1 aliphatic heterocycles. The van der Waals surface area contributed by atoms with E-state index in [4.69, 9.17) is 10.4 Å². The van der Waals surface area contributed by atoms with E-state index in [1.54, 1.807) is 0 Å². The predicted octanol–water partition coefficient (Wildman–Crippen LogP) is 3.63. The maximum atomic E-state index is 8.64. The number of piperidine rings is 1. The highest BCUT2D eigenvalue weighted by Crippen LogP contribution is 2.22. The summed E-state index contributed by atoms with van der Waals surface area (Å²) >= 11 is 0. The van der Waals surface area contributed by atoms with Gasteiger partial charge in [0.15, 0.2) is 0 Å². The molecule has 2 atom stereocenters. The maximum absolute atomic E-state index is 8.64. The lowest BCUT2D eigenvalue weighted by atomic mass is 10.00. The third-order valence-corrected chi connectivity index (χ3v) is 4.38. The molecule has 0 spiro atoms. The summed E-state index contributed by atoms with van der Waals surface area (Å²) < 4.78 is 0. The number of rotatable bonds is 5. The Labute approximate surface area is 134 Å². The van der Waals surface area contributed by atoms with Gasteiger partial charge in [-0.2, -0.15) is 10.4 Å². The Hall–Kier alpha value is -2.02. The van der Waals surface area contributed by atoms with E-state index in [0.29, 0.717) is 18.5 Å². The Morgan fingerprint density at radius 1 is 1.27 bits per heavy atom. The molecule has 0 unspecified atom stereocenters. The van der Waals surface area contributed by atoms with Gasteiger partial charge < -0.3 is 4.90 Å². The molecule has 1 aliphatic rings. The lowest BCUT2D eigenvalue weighted by Gasteiger charge is -2.36. The Morgan fingerprint density at radius 3 is 2.50 bits per heavy atom. The minimum absolute atomic E-state index is 0.524. The normalized spacial score (nSPS) is 21.8. The van der Waals surface area contributed by atoms with Crippen molar-refractivity contribution in [3.05, 3.63) is 29.8 Å². The molecule has 0 amide bonds. The molecular formula is C18H26N4. The van der Waals surface area contributed by atoms with Crippen LogP contribution in [-0.4, -0.2) is 36.9 Å². The van der Waals surface area contributed by atoms with E-state index in [-0.39, 0.29) is 0 Å². The van der Waals surface area contributed by atoms with Crippen LogP contribution in [0.3, 0.4) is 0 Å². The number of hydrogen-bond acceptors (Lipinski definition) is 4. The largest absolute Gasteiger partial charge is 0.374 e. The lowest BCUT2D eigenvalue weighted by Crippen LogP contribution is -2.39. The zero-order valence-corrected chi connectivity index (χ0v) is 13.9. The summed E-state index contributed by atoms with van der Waals surface area (Å²) in [5.41, 5.74) is 2.24. The Balaban J connectivity index is 1.98. The number of benzene rings is 1. The van der Waals surface area contributed by atoms with Crippen LogP contribution >= 0.6 is 0 Å². The summed E-state index contributed by atoms with van der Waals surface area (Å²) in [5, 5.41) is 15.6. The van der Waals surface area contributed by atoms with Gasteiger partial charge in [0.1, 0.15) is 0 Å². The molecule has 0 bridgehead atoms. The average molecular weight is 298 g/mol. The van der Waals surface area contributed by atoms with Gasteiger partial charge in [0.2, 0.25) is 0 Å². The maximum Gasteiger partial charge on any atom is 0.0640 e. The second-order valence-corrected chi connectivity index (χ2v) is 6.17. The predicted molar refractivity (Wildman–Crippen MR) is 92.2 cm³/mol. The van der Waals surface area contributed by atoms with Crippen molar-refractivity contribution in [3.8, 4) is 6.07 Å². The first-order valence-electron chi connectivity index (χ1n) is 8.12. The molecule has 0 aromatic heterocycles. The van der Waals surface area contributed by atoms with E-state index in [1.165, 1.54) is 19.3 Å². The van der Waals surface area contributed by atoms with Crippen molar-refractivity contribution >= 4 is 11.9 Å². The second-order valence-electron chi connectivity index (χ2n) is 6.17. The summed E-state index contributed by atoms with van der Waals surface area (Å²) in [5.74, 6) is 0. The van der Waals surface area contributed by atoms with Crippen LogP contribution in [0.5, 0.6) is 0 Å². The number of hydrogen-bond donors (Lipinski definition) is 0. The van der Waals surface area contributed by atoms with Crippen molar-refractivity contribution in [1.29, 1.82) is 5.26 Å². The van der Waals surface area contributed by atoms with Gasteiger partial charge in [-0.25, -0.2) is 0 Å². The first kappa shape index (κ1) is 16.4. The summed E-state index contributed by atoms with van der Waals surface area (Å²) in [4.78, 5) is 2.10. The Morgan fingerprint density at radius 2 is 1.91 bits per heavy atom. The molecule has 0 saturated carbocycles. The lowest BCUT2D eigenvalue weighted by molar-refractivity contribution is 0.109. The number of nitrogens with zero attached hydrogens (tertiary/aromatic N) is 4. The topological polar surface area (TPSA) is 42.6 Å². The highest BCUT2D eigenvalue weighted by Gasteiger charge is 2.22. The van der Waals surface area contributed by atoms with E-state index >= 15 is 0 Å². The minimum atomic E-state index is 0.524. The standard InChI is InChI=1S/C18H26N4/c1-15-6-4-7-16(2)22(15)20-14-17-8-10-18(11-9-17)21(3)13-5-12-19/h8-11,14-16H,4-7,13H2,1-3H3/b20-14-/t15-,16-/m1/s1. The molecule has 1 fully saturated rings. The van der Waals surface area contributed by atoms with Crippen LogP contribution < -0.4 is 4.90 Å². The molecule has 4 nitrogen and oxygen atoms in total. The Bertz CT molecular complexity index is 519. The van der Waals surface area contributed by atoms with Crippen LogP contribution in [0.2, 0.25) is 0 Å². The minimum Gasteiger partial charge on any atom is -0.374 e. The molecule has 0 N–H and O–H groups in total. The van der Waals surface area contributed by atoms with Crippen molar-refractivity contribution < 1.29 is 0 Å². The molecule has 118 valence electrons. The fourth-order valence-electron chi connectivity index (χ4n) is 2.93. The number of hydrazone groups is 1. The van der Waals surface area contributed by atoms with Crippen LogP contribution in [0.25, 0.3) is 0 Å². The molecule has 2 rings (SSSR count). The molecule has 0 aliphatic carbocycles. The monoisotopic (exact) mass is 298 g/mol. The van der Waals surface area contributed by atoms with Gasteiger partial charge in [-0.3, -0.25) is 5.01 Å². The highest BCUT2D eigenvalue weighted by atomic mass is 15.5. The fraction of sp³-hybridized carbons (Fsp3) is 0.556. The molecule has 1 saturated heterocycles. The second kappa shape index (κ2) is 7.84. The first-order chi connectivity index (χ1) is 10.6. The zero-order chi connectivity index (χ0) is 15.9. The molecule has 1 aromatic carbocycles. The smallest absolute Gasteiger partial charge is 0.0640 e. The van der Waals surface area contributed by atoms with Gasteiger partial charge in [-0.1, -0.05) is 12.1 Å². The van der Waals surface area contributed by atoms with Gasteiger partial charge in [0.05, 0.1) is 18.7 Å². The SMILES string of the molecule is C[C@@H]1CCC[C@@H](C)N1/N=C\c1ccc(N(C)CCC#N)cc1. The van der Waals surface area contributed by atoms with Crippen LogP contribution in [0.1, 0.15) is 45.1 Å². The van der Waals surface area contributed by atoms with Gasteiger partial charge in [-0.05, 0) is 50.8 Å². The first-order valence-corrected chi connectivity index (χ1v) is 8.12. The van der Waals surface area contributed by atoms with Crippen LogP contribution in [0.4, 0.5) is 5.69 Å². The zero-order valence-electron chi connectivity index (χ0n) is 13.9. The summed E-state index contributed by atoms with van der Waals surface area (Å²) in [7, 11) is 2.01. The molecule has 4 heteroatoms.